The maximum absolute atomic E-state index is 4.29. The molecule has 1 heterocycles. The molecule has 0 bridgehead atoms. The molecule has 0 N–H and O–H groups in total. The van der Waals surface area contributed by atoms with Crippen molar-refractivity contribution < 1.29 is 0 Å². The van der Waals surface area contributed by atoms with Crippen LogP contribution < -0.4 is 0 Å². The summed E-state index contributed by atoms with van der Waals surface area (Å²) in [6.45, 7) is 6.64. The van der Waals surface area contributed by atoms with Crippen molar-refractivity contribution in [3.63, 3.8) is 0 Å². The van der Waals surface area contributed by atoms with E-state index in [1.165, 1.54) is 16.3 Å². The van der Waals surface area contributed by atoms with Gasteiger partial charge in [0.05, 0.1) is 0 Å². The molecule has 2 rings (SSSR count). The Kier molecular flexibility index (Phi) is 2.55. The molecule has 1 aromatic heterocycles. The lowest BCUT2D eigenvalue weighted by atomic mass is 9.85. The van der Waals surface area contributed by atoms with Crippen LogP contribution in [0.25, 0.3) is 10.8 Å². The maximum Gasteiger partial charge on any atom is 0.0346 e. The summed E-state index contributed by atoms with van der Waals surface area (Å²) in [5.74, 6) is 0. The number of fused-ring (bicyclic) bond motifs is 1. The van der Waals surface area contributed by atoms with Gasteiger partial charge in [-0.3, -0.25) is 4.98 Å². The lowest BCUT2D eigenvalue weighted by Crippen LogP contribution is -2.12. The molecule has 0 atom stereocenters. The first kappa shape index (κ1) is 10.6. The van der Waals surface area contributed by atoms with Gasteiger partial charge in [0.1, 0.15) is 0 Å². The average molecular weight is 264 g/mol. The summed E-state index contributed by atoms with van der Waals surface area (Å²) in [6, 6.07) is 6.32. The van der Waals surface area contributed by atoms with Crippen LogP contribution in [0.15, 0.2) is 35.1 Å². The highest BCUT2D eigenvalue weighted by Crippen LogP contribution is 2.30. The van der Waals surface area contributed by atoms with E-state index in [1.54, 1.807) is 0 Å². The first-order valence-corrected chi connectivity index (χ1v) is 5.81. The van der Waals surface area contributed by atoms with Crippen LogP contribution in [-0.2, 0) is 5.41 Å². The number of rotatable bonds is 0. The molecule has 78 valence electrons. The maximum atomic E-state index is 4.29. The number of halogens is 1. The smallest absolute Gasteiger partial charge is 0.0346 e. The van der Waals surface area contributed by atoms with Gasteiger partial charge in [-0.15, -0.1) is 0 Å². The molecule has 15 heavy (non-hydrogen) atoms. The number of benzene rings is 1. The number of pyridine rings is 1. The Hall–Kier alpha value is -0.890. The molecular formula is C13H14BrN. The topological polar surface area (TPSA) is 12.9 Å². The van der Waals surface area contributed by atoms with E-state index < -0.39 is 0 Å². The molecule has 0 unspecified atom stereocenters. The van der Waals surface area contributed by atoms with Crippen molar-refractivity contribution in [1.82, 2.24) is 4.98 Å². The standard InChI is InChI=1S/C13H14BrN/c1-13(2,3)12-8-15-7-9-4-5-10(14)6-11(9)12/h4-8H,1-3H3. The second kappa shape index (κ2) is 3.60. The molecular weight excluding hydrogens is 250 g/mol. The zero-order chi connectivity index (χ0) is 11.1. The predicted octanol–water partition coefficient (Wildman–Crippen LogP) is 4.29. The van der Waals surface area contributed by atoms with E-state index in [1.807, 2.05) is 12.4 Å². The third-order valence-electron chi connectivity index (χ3n) is 2.53. The predicted molar refractivity (Wildman–Crippen MR) is 68.1 cm³/mol. The summed E-state index contributed by atoms with van der Waals surface area (Å²) in [6.07, 6.45) is 3.88. The summed E-state index contributed by atoms with van der Waals surface area (Å²) in [5, 5.41) is 2.48. The molecule has 1 nitrogen and oxygen atoms in total. The zero-order valence-corrected chi connectivity index (χ0v) is 10.8. The summed E-state index contributed by atoms with van der Waals surface area (Å²) in [4.78, 5) is 4.29. The van der Waals surface area contributed by atoms with E-state index in [0.29, 0.717) is 0 Å². The third-order valence-corrected chi connectivity index (χ3v) is 3.02. The van der Waals surface area contributed by atoms with Crippen molar-refractivity contribution in [2.45, 2.75) is 26.2 Å². The number of hydrogen-bond donors (Lipinski definition) is 0. The Balaban J connectivity index is 2.80. The van der Waals surface area contributed by atoms with Crippen LogP contribution in [0.2, 0.25) is 0 Å². The average Bonchev–Trinajstić information content (AvgIpc) is 2.15. The van der Waals surface area contributed by atoms with Crippen LogP contribution in [0.1, 0.15) is 26.3 Å². The Morgan fingerprint density at radius 1 is 1.13 bits per heavy atom. The third kappa shape index (κ3) is 2.05. The van der Waals surface area contributed by atoms with Gasteiger partial charge in [-0.05, 0) is 28.5 Å². The molecule has 0 fully saturated rings. The fourth-order valence-electron chi connectivity index (χ4n) is 1.73. The van der Waals surface area contributed by atoms with Crippen molar-refractivity contribution in [3.8, 4) is 0 Å². The minimum Gasteiger partial charge on any atom is -0.264 e. The second-order valence-corrected chi connectivity index (χ2v) is 5.72. The minimum atomic E-state index is 0.132. The van der Waals surface area contributed by atoms with Crippen molar-refractivity contribution in [2.75, 3.05) is 0 Å². The molecule has 0 spiro atoms. The normalized spacial score (nSPS) is 12.0. The van der Waals surface area contributed by atoms with Crippen LogP contribution in [0, 0.1) is 0 Å². The molecule has 0 saturated heterocycles. The SMILES string of the molecule is CC(C)(C)c1cncc2ccc(Br)cc12. The van der Waals surface area contributed by atoms with Crippen molar-refractivity contribution in [1.29, 1.82) is 0 Å². The molecule has 0 amide bonds. The number of nitrogens with zero attached hydrogens (tertiary/aromatic N) is 1. The van der Waals surface area contributed by atoms with Gasteiger partial charge in [0.15, 0.2) is 0 Å². The van der Waals surface area contributed by atoms with Crippen molar-refractivity contribution >= 4 is 26.7 Å². The van der Waals surface area contributed by atoms with Gasteiger partial charge in [0, 0.05) is 22.3 Å². The summed E-state index contributed by atoms with van der Waals surface area (Å²) in [7, 11) is 0. The zero-order valence-electron chi connectivity index (χ0n) is 9.21. The van der Waals surface area contributed by atoms with Gasteiger partial charge in [0.25, 0.3) is 0 Å². The van der Waals surface area contributed by atoms with Crippen molar-refractivity contribution in [3.05, 3.63) is 40.6 Å². The van der Waals surface area contributed by atoms with E-state index in [9.17, 15) is 0 Å². The highest BCUT2D eigenvalue weighted by atomic mass is 79.9. The van der Waals surface area contributed by atoms with Crippen LogP contribution in [-0.4, -0.2) is 4.98 Å². The van der Waals surface area contributed by atoms with Gasteiger partial charge >= 0.3 is 0 Å². The summed E-state index contributed by atoms with van der Waals surface area (Å²) < 4.78 is 1.12. The van der Waals surface area contributed by atoms with Gasteiger partial charge in [-0.25, -0.2) is 0 Å². The van der Waals surface area contributed by atoms with Gasteiger partial charge < -0.3 is 0 Å². The monoisotopic (exact) mass is 263 g/mol. The molecule has 2 heteroatoms. The first-order chi connectivity index (χ1) is 6.98. The molecule has 0 saturated carbocycles. The molecule has 0 radical (unpaired) electrons. The van der Waals surface area contributed by atoms with Gasteiger partial charge in [-0.2, -0.15) is 0 Å². The Labute approximate surface area is 98.7 Å². The fraction of sp³-hybridized carbons (Fsp3) is 0.308. The van der Waals surface area contributed by atoms with E-state index in [-0.39, 0.29) is 5.41 Å². The lowest BCUT2D eigenvalue weighted by molar-refractivity contribution is 0.593. The Bertz CT molecular complexity index is 497. The fourth-order valence-corrected chi connectivity index (χ4v) is 2.09. The quantitative estimate of drug-likeness (QED) is 0.691. The van der Waals surface area contributed by atoms with Gasteiger partial charge in [0.2, 0.25) is 0 Å². The molecule has 0 aliphatic heterocycles. The van der Waals surface area contributed by atoms with Crippen LogP contribution >= 0.6 is 15.9 Å². The van der Waals surface area contributed by atoms with Crippen LogP contribution in [0.5, 0.6) is 0 Å². The van der Waals surface area contributed by atoms with Gasteiger partial charge in [-0.1, -0.05) is 42.8 Å². The van der Waals surface area contributed by atoms with E-state index in [0.717, 1.165) is 4.47 Å². The Morgan fingerprint density at radius 2 is 1.87 bits per heavy atom. The van der Waals surface area contributed by atoms with E-state index >= 15 is 0 Å². The van der Waals surface area contributed by atoms with Crippen LogP contribution in [0.3, 0.4) is 0 Å². The van der Waals surface area contributed by atoms with Crippen molar-refractivity contribution in [2.24, 2.45) is 0 Å². The second-order valence-electron chi connectivity index (χ2n) is 4.80. The minimum absolute atomic E-state index is 0.132. The summed E-state index contributed by atoms with van der Waals surface area (Å²) >= 11 is 3.51. The highest BCUT2D eigenvalue weighted by Gasteiger charge is 2.16. The molecule has 0 aliphatic rings. The number of aromatic nitrogens is 1. The highest BCUT2D eigenvalue weighted by molar-refractivity contribution is 9.10. The molecule has 0 aliphatic carbocycles. The van der Waals surface area contributed by atoms with E-state index in [2.05, 4.69) is 59.9 Å². The lowest BCUT2D eigenvalue weighted by Gasteiger charge is -2.20. The van der Waals surface area contributed by atoms with Crippen LogP contribution in [0.4, 0.5) is 0 Å². The number of hydrogen-bond acceptors (Lipinski definition) is 1. The van der Waals surface area contributed by atoms with E-state index in [4.69, 9.17) is 0 Å². The largest absolute Gasteiger partial charge is 0.264 e. The summed E-state index contributed by atoms with van der Waals surface area (Å²) in [5.41, 5.74) is 1.43. The Morgan fingerprint density at radius 3 is 2.53 bits per heavy atom. The molecule has 1 aromatic carbocycles. The first-order valence-electron chi connectivity index (χ1n) is 5.02. The molecule has 2 aromatic rings.